The third-order valence-electron chi connectivity index (χ3n) is 2.64. The highest BCUT2D eigenvalue weighted by Gasteiger charge is 2.18. The zero-order valence-electron chi connectivity index (χ0n) is 9.73. The number of rotatable bonds is 4. The normalized spacial score (nSPS) is 12.7. The Morgan fingerprint density at radius 1 is 1.50 bits per heavy atom. The summed E-state index contributed by atoms with van der Waals surface area (Å²) in [7, 11) is 0. The Labute approximate surface area is 117 Å². The molecular weight excluding hydrogens is 319 g/mol. The molecule has 0 aliphatic rings. The summed E-state index contributed by atoms with van der Waals surface area (Å²) in [5.41, 5.74) is 1.26. The lowest BCUT2D eigenvalue weighted by molar-refractivity contribution is 0.179. The summed E-state index contributed by atoms with van der Waals surface area (Å²) in [6.07, 6.45) is 0.176. The highest BCUT2D eigenvalue weighted by molar-refractivity contribution is 9.10. The molecule has 0 radical (unpaired) electrons. The highest BCUT2D eigenvalue weighted by Crippen LogP contribution is 2.26. The van der Waals surface area contributed by atoms with Crippen molar-refractivity contribution in [2.24, 2.45) is 0 Å². The van der Waals surface area contributed by atoms with Crippen LogP contribution in [0.2, 0.25) is 0 Å². The van der Waals surface area contributed by atoms with E-state index in [4.69, 9.17) is 0 Å². The summed E-state index contributed by atoms with van der Waals surface area (Å²) >= 11 is 4.46. The summed E-state index contributed by atoms with van der Waals surface area (Å²) in [5.74, 6) is -0.312. The SMILES string of the molecule is CCc1nnsc1C(O)Cc1cc(Br)ccc1F. The second-order valence-corrected chi connectivity index (χ2v) is 5.59. The van der Waals surface area contributed by atoms with Gasteiger partial charge in [0.05, 0.1) is 16.7 Å². The standard InChI is InChI=1S/C12H12BrFN2OS/c1-2-10-12(18-16-15-10)11(17)6-7-5-8(13)3-4-9(7)14/h3-5,11,17H,2,6H2,1H3. The maximum Gasteiger partial charge on any atom is 0.126 e. The van der Waals surface area contributed by atoms with E-state index in [1.165, 1.54) is 17.6 Å². The lowest BCUT2D eigenvalue weighted by Crippen LogP contribution is -2.04. The van der Waals surface area contributed by atoms with E-state index in [1.54, 1.807) is 12.1 Å². The quantitative estimate of drug-likeness (QED) is 0.935. The van der Waals surface area contributed by atoms with Crippen LogP contribution in [0.25, 0.3) is 0 Å². The van der Waals surface area contributed by atoms with Crippen molar-refractivity contribution in [3.8, 4) is 0 Å². The molecule has 0 saturated heterocycles. The summed E-state index contributed by atoms with van der Waals surface area (Å²) in [5, 5.41) is 14.1. The molecule has 0 saturated carbocycles. The maximum atomic E-state index is 13.6. The van der Waals surface area contributed by atoms with Crippen LogP contribution in [0.15, 0.2) is 22.7 Å². The van der Waals surface area contributed by atoms with Crippen LogP contribution in [0.5, 0.6) is 0 Å². The van der Waals surface area contributed by atoms with Gasteiger partial charge in [0.1, 0.15) is 5.82 Å². The van der Waals surface area contributed by atoms with Crippen LogP contribution in [0.1, 0.15) is 29.2 Å². The molecule has 1 aromatic heterocycles. The molecule has 0 bridgehead atoms. The first kappa shape index (κ1) is 13.6. The van der Waals surface area contributed by atoms with E-state index in [1.807, 2.05) is 6.92 Å². The molecule has 0 aliphatic heterocycles. The van der Waals surface area contributed by atoms with Gasteiger partial charge in [-0.15, -0.1) is 5.10 Å². The van der Waals surface area contributed by atoms with Gasteiger partial charge in [0.2, 0.25) is 0 Å². The lowest BCUT2D eigenvalue weighted by atomic mass is 10.0. The van der Waals surface area contributed by atoms with Gasteiger partial charge in [-0.2, -0.15) is 0 Å². The number of aromatic nitrogens is 2. The van der Waals surface area contributed by atoms with E-state index in [-0.39, 0.29) is 12.2 Å². The van der Waals surface area contributed by atoms with Crippen LogP contribution in [0.4, 0.5) is 4.39 Å². The van der Waals surface area contributed by atoms with E-state index in [2.05, 4.69) is 25.5 Å². The Balaban J connectivity index is 2.21. The van der Waals surface area contributed by atoms with Crippen LogP contribution >= 0.6 is 27.5 Å². The predicted molar refractivity (Wildman–Crippen MR) is 72.1 cm³/mol. The van der Waals surface area contributed by atoms with Crippen LogP contribution in [-0.4, -0.2) is 14.7 Å². The topological polar surface area (TPSA) is 46.0 Å². The van der Waals surface area contributed by atoms with Crippen LogP contribution in [-0.2, 0) is 12.8 Å². The number of aryl methyl sites for hydroxylation is 1. The number of hydrogen-bond donors (Lipinski definition) is 1. The number of aliphatic hydroxyl groups is 1. The second-order valence-electron chi connectivity index (χ2n) is 3.89. The predicted octanol–water partition coefficient (Wildman–Crippen LogP) is 3.28. The minimum absolute atomic E-state index is 0.224. The second kappa shape index (κ2) is 5.86. The van der Waals surface area contributed by atoms with Crippen molar-refractivity contribution in [3.63, 3.8) is 0 Å². The van der Waals surface area contributed by atoms with Crippen molar-refractivity contribution in [2.45, 2.75) is 25.9 Å². The Bertz CT molecular complexity index is 547. The van der Waals surface area contributed by atoms with Gasteiger partial charge in [0.15, 0.2) is 0 Å². The van der Waals surface area contributed by atoms with Crippen LogP contribution in [0.3, 0.4) is 0 Å². The summed E-state index contributed by atoms with van der Waals surface area (Å²) < 4.78 is 18.2. The smallest absolute Gasteiger partial charge is 0.126 e. The van der Waals surface area contributed by atoms with Crippen molar-refractivity contribution >= 4 is 27.5 Å². The van der Waals surface area contributed by atoms with Crippen LogP contribution in [0, 0.1) is 5.82 Å². The molecule has 0 amide bonds. The molecule has 2 aromatic rings. The zero-order chi connectivity index (χ0) is 13.1. The molecule has 0 aliphatic carbocycles. The molecule has 1 N–H and O–H groups in total. The molecule has 1 heterocycles. The molecule has 96 valence electrons. The zero-order valence-corrected chi connectivity index (χ0v) is 12.1. The van der Waals surface area contributed by atoms with Gasteiger partial charge in [0.25, 0.3) is 0 Å². The number of nitrogens with zero attached hydrogens (tertiary/aromatic N) is 2. The Hall–Kier alpha value is -0.850. The molecule has 0 spiro atoms. The fraction of sp³-hybridized carbons (Fsp3) is 0.333. The van der Waals surface area contributed by atoms with Crippen molar-refractivity contribution in [1.82, 2.24) is 9.59 Å². The minimum Gasteiger partial charge on any atom is -0.387 e. The lowest BCUT2D eigenvalue weighted by Gasteiger charge is -2.10. The van der Waals surface area contributed by atoms with Crippen molar-refractivity contribution < 1.29 is 9.50 Å². The Morgan fingerprint density at radius 3 is 3.00 bits per heavy atom. The minimum atomic E-state index is -0.760. The van der Waals surface area contributed by atoms with E-state index in [9.17, 15) is 9.50 Å². The van der Waals surface area contributed by atoms with Gasteiger partial charge < -0.3 is 5.11 Å². The average molecular weight is 331 g/mol. The van der Waals surface area contributed by atoms with Crippen LogP contribution < -0.4 is 0 Å². The number of benzene rings is 1. The highest BCUT2D eigenvalue weighted by atomic mass is 79.9. The fourth-order valence-electron chi connectivity index (χ4n) is 1.71. The molecule has 2 rings (SSSR count). The molecule has 0 fully saturated rings. The number of hydrogen-bond acceptors (Lipinski definition) is 4. The van der Waals surface area contributed by atoms with E-state index in [0.29, 0.717) is 12.0 Å². The summed E-state index contributed by atoms with van der Waals surface area (Å²) in [6.45, 7) is 1.95. The third-order valence-corrected chi connectivity index (χ3v) is 4.00. The van der Waals surface area contributed by atoms with Crippen molar-refractivity contribution in [1.29, 1.82) is 0 Å². The Kier molecular flexibility index (Phi) is 4.42. The number of aliphatic hydroxyl groups excluding tert-OH is 1. The maximum absolute atomic E-state index is 13.6. The summed E-state index contributed by atoms with van der Waals surface area (Å²) in [6, 6.07) is 4.70. The van der Waals surface area contributed by atoms with Crippen molar-refractivity contribution in [2.75, 3.05) is 0 Å². The largest absolute Gasteiger partial charge is 0.387 e. The molecular formula is C12H12BrFN2OS. The molecule has 18 heavy (non-hydrogen) atoms. The Morgan fingerprint density at radius 2 is 2.28 bits per heavy atom. The van der Waals surface area contributed by atoms with E-state index >= 15 is 0 Å². The van der Waals surface area contributed by atoms with Gasteiger partial charge >= 0.3 is 0 Å². The van der Waals surface area contributed by atoms with Gasteiger partial charge in [0, 0.05) is 10.9 Å². The van der Waals surface area contributed by atoms with Gasteiger partial charge in [-0.25, -0.2) is 4.39 Å². The van der Waals surface area contributed by atoms with Gasteiger partial charge in [-0.3, -0.25) is 0 Å². The molecule has 6 heteroatoms. The van der Waals surface area contributed by atoms with Gasteiger partial charge in [-0.05, 0) is 41.7 Å². The number of halogens is 2. The molecule has 1 unspecified atom stereocenters. The first-order valence-corrected chi connectivity index (χ1v) is 7.11. The molecule has 1 atom stereocenters. The summed E-state index contributed by atoms with van der Waals surface area (Å²) in [4.78, 5) is 0.719. The molecule has 1 aromatic carbocycles. The van der Waals surface area contributed by atoms with E-state index in [0.717, 1.165) is 15.0 Å². The monoisotopic (exact) mass is 330 g/mol. The average Bonchev–Trinajstić information content (AvgIpc) is 2.82. The van der Waals surface area contributed by atoms with E-state index < -0.39 is 6.10 Å². The third kappa shape index (κ3) is 2.93. The fourth-order valence-corrected chi connectivity index (χ4v) is 2.85. The molecule has 3 nitrogen and oxygen atoms in total. The van der Waals surface area contributed by atoms with Gasteiger partial charge in [-0.1, -0.05) is 27.3 Å². The van der Waals surface area contributed by atoms with Crippen molar-refractivity contribution in [3.05, 3.63) is 44.6 Å². The first-order valence-electron chi connectivity index (χ1n) is 5.55. The first-order chi connectivity index (χ1) is 8.61.